The van der Waals surface area contributed by atoms with E-state index in [9.17, 15) is 0 Å². The number of anilines is 2. The smallest absolute Gasteiger partial charge is 0.0602 e. The van der Waals surface area contributed by atoms with Crippen molar-refractivity contribution in [3.8, 4) is 0 Å². The number of benzene rings is 3. The van der Waals surface area contributed by atoms with E-state index in [0.717, 1.165) is 38.4 Å². The van der Waals surface area contributed by atoms with Crippen molar-refractivity contribution in [2.45, 2.75) is 31.7 Å². The van der Waals surface area contributed by atoms with E-state index in [2.05, 4.69) is 111 Å². The molecule has 1 aliphatic heterocycles. The first-order valence-electron chi connectivity index (χ1n) is 12.4. The minimum atomic E-state index is 0.327. The number of likely N-dealkylation sites (tertiary alicyclic amines) is 1. The highest BCUT2D eigenvalue weighted by Crippen LogP contribution is 2.22. The van der Waals surface area contributed by atoms with Gasteiger partial charge >= 0.3 is 0 Å². The highest BCUT2D eigenvalue weighted by molar-refractivity contribution is 5.48. The number of nitrogens with one attached hydrogen (secondary N) is 3. The van der Waals surface area contributed by atoms with Crippen LogP contribution in [0.4, 0.5) is 11.4 Å². The SMILES string of the molecule is c1ccc(NC2CN(Cc3ccc(CNCc4ccccn4)cc3)CC2Nc2ccccc2)cc1. The number of nitrogens with zero attached hydrogens (tertiary/aromatic N) is 2. The summed E-state index contributed by atoms with van der Waals surface area (Å²) >= 11 is 0. The molecule has 0 bridgehead atoms. The van der Waals surface area contributed by atoms with E-state index in [1.807, 2.05) is 24.4 Å². The maximum atomic E-state index is 4.37. The summed E-state index contributed by atoms with van der Waals surface area (Å²) in [7, 11) is 0. The molecule has 1 fully saturated rings. The Morgan fingerprint density at radius 2 is 1.20 bits per heavy atom. The predicted molar refractivity (Wildman–Crippen MR) is 144 cm³/mol. The molecule has 0 saturated carbocycles. The van der Waals surface area contributed by atoms with Gasteiger partial charge < -0.3 is 16.0 Å². The Kier molecular flexibility index (Phi) is 7.68. The molecule has 35 heavy (non-hydrogen) atoms. The normalized spacial score (nSPS) is 17.8. The van der Waals surface area contributed by atoms with Crippen LogP contribution in [0.3, 0.4) is 0 Å². The lowest BCUT2D eigenvalue weighted by molar-refractivity contribution is 0.326. The average Bonchev–Trinajstić information content (AvgIpc) is 3.27. The van der Waals surface area contributed by atoms with Crippen LogP contribution >= 0.6 is 0 Å². The molecule has 0 radical (unpaired) electrons. The summed E-state index contributed by atoms with van der Waals surface area (Å²) in [6, 6.07) is 36.7. The largest absolute Gasteiger partial charge is 0.379 e. The van der Waals surface area contributed by atoms with Crippen molar-refractivity contribution in [2.24, 2.45) is 0 Å². The molecule has 2 heterocycles. The number of hydrogen-bond acceptors (Lipinski definition) is 5. The second kappa shape index (κ2) is 11.6. The number of para-hydroxylation sites is 2. The Morgan fingerprint density at radius 1 is 0.629 bits per heavy atom. The molecule has 1 aliphatic rings. The summed E-state index contributed by atoms with van der Waals surface area (Å²) in [4.78, 5) is 6.91. The van der Waals surface area contributed by atoms with E-state index >= 15 is 0 Å². The zero-order chi connectivity index (χ0) is 23.7. The molecule has 5 nitrogen and oxygen atoms in total. The van der Waals surface area contributed by atoms with E-state index in [1.165, 1.54) is 22.5 Å². The molecule has 0 amide bonds. The molecule has 1 aromatic heterocycles. The third kappa shape index (κ3) is 6.69. The lowest BCUT2D eigenvalue weighted by Gasteiger charge is -2.23. The summed E-state index contributed by atoms with van der Waals surface area (Å²) < 4.78 is 0. The van der Waals surface area contributed by atoms with Crippen LogP contribution in [0.25, 0.3) is 0 Å². The Balaban J connectivity index is 1.18. The van der Waals surface area contributed by atoms with Gasteiger partial charge in [0.25, 0.3) is 0 Å². The van der Waals surface area contributed by atoms with Crippen LogP contribution in [-0.4, -0.2) is 35.1 Å². The van der Waals surface area contributed by atoms with Crippen molar-refractivity contribution in [2.75, 3.05) is 23.7 Å². The van der Waals surface area contributed by atoms with E-state index < -0.39 is 0 Å². The first-order valence-corrected chi connectivity index (χ1v) is 12.4. The molecule has 3 N–H and O–H groups in total. The second-order valence-electron chi connectivity index (χ2n) is 9.17. The Bertz CT molecular complexity index is 1100. The summed E-state index contributed by atoms with van der Waals surface area (Å²) in [5, 5.41) is 11.0. The molecule has 5 heteroatoms. The molecule has 4 aromatic rings. The average molecular weight is 464 g/mol. The topological polar surface area (TPSA) is 52.2 Å². The summed E-state index contributed by atoms with van der Waals surface area (Å²) in [5.41, 5.74) is 6.04. The van der Waals surface area contributed by atoms with Gasteiger partial charge in [0.05, 0.1) is 17.8 Å². The molecule has 0 spiro atoms. The van der Waals surface area contributed by atoms with E-state index in [0.29, 0.717) is 12.1 Å². The minimum Gasteiger partial charge on any atom is -0.379 e. The minimum absolute atomic E-state index is 0.327. The van der Waals surface area contributed by atoms with Crippen LogP contribution in [0.5, 0.6) is 0 Å². The fourth-order valence-electron chi connectivity index (χ4n) is 4.66. The van der Waals surface area contributed by atoms with E-state index in [4.69, 9.17) is 0 Å². The van der Waals surface area contributed by atoms with Crippen LogP contribution in [0.1, 0.15) is 16.8 Å². The number of pyridine rings is 1. The van der Waals surface area contributed by atoms with Crippen molar-refractivity contribution in [1.82, 2.24) is 15.2 Å². The molecule has 5 rings (SSSR count). The highest BCUT2D eigenvalue weighted by atomic mass is 15.2. The molecule has 2 atom stereocenters. The van der Waals surface area contributed by atoms with Crippen molar-refractivity contribution >= 4 is 11.4 Å². The highest BCUT2D eigenvalue weighted by Gasteiger charge is 2.32. The van der Waals surface area contributed by atoms with Gasteiger partial charge in [0.15, 0.2) is 0 Å². The van der Waals surface area contributed by atoms with Crippen LogP contribution in [-0.2, 0) is 19.6 Å². The van der Waals surface area contributed by atoms with Gasteiger partial charge in [0, 0.05) is 50.3 Å². The van der Waals surface area contributed by atoms with Gasteiger partial charge in [-0.1, -0.05) is 66.7 Å². The predicted octanol–water partition coefficient (Wildman–Crippen LogP) is 5.15. The van der Waals surface area contributed by atoms with Crippen molar-refractivity contribution in [1.29, 1.82) is 0 Å². The quantitative estimate of drug-likeness (QED) is 0.304. The summed E-state index contributed by atoms with van der Waals surface area (Å²) in [6.45, 7) is 4.55. The van der Waals surface area contributed by atoms with Gasteiger partial charge in [-0.15, -0.1) is 0 Å². The maximum Gasteiger partial charge on any atom is 0.0602 e. The maximum absolute atomic E-state index is 4.37. The zero-order valence-electron chi connectivity index (χ0n) is 20.0. The second-order valence-corrected chi connectivity index (χ2v) is 9.17. The third-order valence-corrected chi connectivity index (χ3v) is 6.44. The summed E-state index contributed by atoms with van der Waals surface area (Å²) in [5.74, 6) is 0. The summed E-state index contributed by atoms with van der Waals surface area (Å²) in [6.07, 6.45) is 1.84. The van der Waals surface area contributed by atoms with E-state index in [-0.39, 0.29) is 0 Å². The molecule has 3 aromatic carbocycles. The van der Waals surface area contributed by atoms with Gasteiger partial charge in [-0.05, 0) is 47.5 Å². The van der Waals surface area contributed by atoms with Crippen molar-refractivity contribution in [3.63, 3.8) is 0 Å². The Hall–Kier alpha value is -3.67. The van der Waals surface area contributed by atoms with Gasteiger partial charge in [-0.3, -0.25) is 9.88 Å². The monoisotopic (exact) mass is 463 g/mol. The number of aromatic nitrogens is 1. The zero-order valence-corrected chi connectivity index (χ0v) is 20.0. The Morgan fingerprint density at radius 3 is 1.77 bits per heavy atom. The standard InChI is InChI=1S/C30H33N5/c1-3-9-26(10-4-1)33-29-22-35(23-30(29)34-27-11-5-2-6-12-27)21-25-16-14-24(15-17-25)19-31-20-28-13-7-8-18-32-28/h1-18,29-31,33-34H,19-23H2. The number of rotatable bonds is 10. The molecular formula is C30H33N5. The molecule has 1 saturated heterocycles. The number of hydrogen-bond donors (Lipinski definition) is 3. The fourth-order valence-corrected chi connectivity index (χ4v) is 4.66. The van der Waals surface area contributed by atoms with Gasteiger partial charge in [-0.2, -0.15) is 0 Å². The molecule has 178 valence electrons. The lowest BCUT2D eigenvalue weighted by Crippen LogP contribution is -2.37. The van der Waals surface area contributed by atoms with Crippen LogP contribution in [0, 0.1) is 0 Å². The fraction of sp³-hybridized carbons (Fsp3) is 0.233. The van der Waals surface area contributed by atoms with Gasteiger partial charge in [0.2, 0.25) is 0 Å². The first kappa shape index (κ1) is 23.1. The Labute approximate surface area is 208 Å². The molecule has 0 aliphatic carbocycles. The lowest BCUT2D eigenvalue weighted by atomic mass is 10.1. The molecular weight excluding hydrogens is 430 g/mol. The van der Waals surface area contributed by atoms with Crippen LogP contribution in [0.2, 0.25) is 0 Å². The van der Waals surface area contributed by atoms with E-state index in [1.54, 1.807) is 0 Å². The third-order valence-electron chi connectivity index (χ3n) is 6.44. The first-order chi connectivity index (χ1) is 17.3. The van der Waals surface area contributed by atoms with Crippen molar-refractivity contribution in [3.05, 3.63) is 126 Å². The van der Waals surface area contributed by atoms with Crippen LogP contribution < -0.4 is 16.0 Å². The van der Waals surface area contributed by atoms with Crippen LogP contribution in [0.15, 0.2) is 109 Å². The van der Waals surface area contributed by atoms with Gasteiger partial charge in [-0.25, -0.2) is 0 Å². The van der Waals surface area contributed by atoms with Gasteiger partial charge in [0.1, 0.15) is 0 Å². The van der Waals surface area contributed by atoms with Crippen molar-refractivity contribution < 1.29 is 0 Å². The molecule has 2 unspecified atom stereocenters.